The van der Waals surface area contributed by atoms with Crippen LogP contribution in [0.3, 0.4) is 0 Å². The van der Waals surface area contributed by atoms with Gasteiger partial charge in [-0.2, -0.15) is 0 Å². The molecule has 10 heteroatoms. The minimum atomic E-state index is -3.23. The van der Waals surface area contributed by atoms with Gasteiger partial charge in [0.15, 0.2) is 9.84 Å². The molecule has 4 rings (SSSR count). The molecule has 0 fully saturated rings. The third-order valence-electron chi connectivity index (χ3n) is 5.24. The van der Waals surface area contributed by atoms with Crippen LogP contribution in [0.5, 0.6) is 5.75 Å². The maximum Gasteiger partial charge on any atom is 0.340 e. The van der Waals surface area contributed by atoms with Crippen molar-refractivity contribution >= 4 is 38.4 Å². The monoisotopic (exact) mass is 439 g/mol. The normalized spacial score (nSPS) is 20.4. The number of aryl methyl sites for hydroxylation is 1. The van der Waals surface area contributed by atoms with Gasteiger partial charge in [-0.25, -0.2) is 13.2 Å². The van der Waals surface area contributed by atoms with Crippen molar-refractivity contribution in [3.8, 4) is 5.75 Å². The lowest BCUT2D eigenvalue weighted by molar-refractivity contribution is -0.139. The highest BCUT2D eigenvalue weighted by Gasteiger charge is 2.33. The second kappa shape index (κ2) is 7.16. The van der Waals surface area contributed by atoms with Gasteiger partial charge >= 0.3 is 11.6 Å². The van der Waals surface area contributed by atoms with Crippen molar-refractivity contribution in [2.24, 2.45) is 0 Å². The van der Waals surface area contributed by atoms with E-state index in [1.54, 1.807) is 19.1 Å². The van der Waals surface area contributed by atoms with E-state index in [1.807, 2.05) is 4.90 Å². The Bertz CT molecular complexity index is 1220. The highest BCUT2D eigenvalue weighted by atomic mass is 35.5. The zero-order valence-electron chi connectivity index (χ0n) is 15.7. The summed E-state index contributed by atoms with van der Waals surface area (Å²) in [4.78, 5) is 26.0. The molecule has 1 aromatic heterocycles. The van der Waals surface area contributed by atoms with Gasteiger partial charge in [-0.05, 0) is 18.6 Å². The molecule has 0 N–H and O–H groups in total. The van der Waals surface area contributed by atoms with Crippen molar-refractivity contribution in [1.29, 1.82) is 0 Å². The zero-order valence-corrected chi connectivity index (χ0v) is 17.3. The summed E-state index contributed by atoms with van der Waals surface area (Å²) < 4.78 is 39.5. The number of halogens is 1. The van der Waals surface area contributed by atoms with Crippen LogP contribution in [0.15, 0.2) is 26.8 Å². The number of nitrogens with zero attached hydrogens (tertiary/aromatic N) is 1. The number of methoxy groups -OCH3 is 1. The van der Waals surface area contributed by atoms with Gasteiger partial charge in [-0.3, -0.25) is 9.69 Å². The Morgan fingerprint density at radius 3 is 2.83 bits per heavy atom. The van der Waals surface area contributed by atoms with Gasteiger partial charge in [0.25, 0.3) is 0 Å². The molecule has 1 atom stereocenters. The largest absolute Gasteiger partial charge is 0.476 e. The molecule has 3 heterocycles. The van der Waals surface area contributed by atoms with Crippen LogP contribution < -0.4 is 10.4 Å². The lowest BCUT2D eigenvalue weighted by atomic mass is 10.00. The Morgan fingerprint density at radius 1 is 1.41 bits per heavy atom. The summed E-state index contributed by atoms with van der Waals surface area (Å²) in [6, 6.07) is 1.30. The molecule has 2 aromatic rings. The highest BCUT2D eigenvalue weighted by molar-refractivity contribution is 7.94. The predicted octanol–water partition coefficient (Wildman–Crippen LogP) is 1.93. The van der Waals surface area contributed by atoms with Crippen molar-refractivity contribution < 1.29 is 27.1 Å². The van der Waals surface area contributed by atoms with Crippen LogP contribution in [0.25, 0.3) is 11.0 Å². The minimum absolute atomic E-state index is 0.0313. The molecule has 2 aliphatic rings. The number of sulfone groups is 1. The van der Waals surface area contributed by atoms with Crippen molar-refractivity contribution in [1.82, 2.24) is 4.90 Å². The van der Waals surface area contributed by atoms with Crippen LogP contribution in [-0.4, -0.2) is 44.9 Å². The lowest BCUT2D eigenvalue weighted by Gasteiger charge is -2.33. The van der Waals surface area contributed by atoms with Gasteiger partial charge in [0.2, 0.25) is 0 Å². The minimum Gasteiger partial charge on any atom is -0.476 e. The summed E-state index contributed by atoms with van der Waals surface area (Å²) in [5, 5.41) is 2.14. The lowest BCUT2D eigenvalue weighted by Crippen LogP contribution is -2.41. The van der Waals surface area contributed by atoms with Crippen molar-refractivity contribution in [2.75, 3.05) is 19.6 Å². The second-order valence-corrected chi connectivity index (χ2v) is 9.37. The van der Waals surface area contributed by atoms with Crippen LogP contribution >= 0.6 is 11.6 Å². The number of carbonyl (C=O) groups is 1. The highest BCUT2D eigenvalue weighted by Crippen LogP contribution is 2.40. The standard InChI is InChI=1S/C19H18ClNO7S/c1-10-12-5-15(20)18-14(17(12)28-19(23)13(10)6-16(22)26-2)7-21(9-27-18)11-3-4-29(24,25)8-11/h3-5,11H,6-9H2,1-2H3/t11-/m1/s1. The molecule has 0 saturated heterocycles. The zero-order chi connectivity index (χ0) is 20.9. The Hall–Kier alpha value is -2.36. The quantitative estimate of drug-likeness (QED) is 0.528. The van der Waals surface area contributed by atoms with E-state index in [0.29, 0.717) is 39.4 Å². The van der Waals surface area contributed by atoms with Gasteiger partial charge < -0.3 is 13.9 Å². The third-order valence-corrected chi connectivity index (χ3v) is 6.90. The number of esters is 1. The fourth-order valence-corrected chi connectivity index (χ4v) is 5.26. The average molecular weight is 440 g/mol. The number of carbonyl (C=O) groups excluding carboxylic acids is 1. The van der Waals surface area contributed by atoms with E-state index in [4.69, 9.17) is 20.8 Å². The van der Waals surface area contributed by atoms with Crippen molar-refractivity contribution in [3.63, 3.8) is 0 Å². The van der Waals surface area contributed by atoms with Crippen LogP contribution in [0.4, 0.5) is 0 Å². The summed E-state index contributed by atoms with van der Waals surface area (Å²) in [6.45, 7) is 2.18. The fraction of sp³-hybridized carbons (Fsp3) is 0.368. The molecular weight excluding hydrogens is 422 g/mol. The molecule has 0 unspecified atom stereocenters. The van der Waals surface area contributed by atoms with Crippen molar-refractivity contribution in [3.05, 3.63) is 49.7 Å². The van der Waals surface area contributed by atoms with Crippen LogP contribution in [0.2, 0.25) is 5.02 Å². The molecule has 29 heavy (non-hydrogen) atoms. The Kier molecular flexibility index (Phi) is 4.92. The fourth-order valence-electron chi connectivity index (χ4n) is 3.65. The molecule has 0 amide bonds. The Labute approximate surface area is 171 Å². The number of hydrogen-bond acceptors (Lipinski definition) is 8. The topological polar surface area (TPSA) is 103 Å². The SMILES string of the molecule is COC(=O)Cc1c(C)c2cc(Cl)c3c(c2oc1=O)CN([C@@H]1C=CS(=O)(=O)C1)CO3. The number of ether oxygens (including phenoxy) is 2. The predicted molar refractivity (Wildman–Crippen MR) is 106 cm³/mol. The number of hydrogen-bond donors (Lipinski definition) is 0. The molecule has 0 aliphatic carbocycles. The summed E-state index contributed by atoms with van der Waals surface area (Å²) in [5.74, 6) is -0.174. The van der Waals surface area contributed by atoms with E-state index in [9.17, 15) is 18.0 Å². The van der Waals surface area contributed by atoms with Crippen molar-refractivity contribution in [2.45, 2.75) is 25.9 Å². The molecule has 154 valence electrons. The summed E-state index contributed by atoms with van der Waals surface area (Å²) in [7, 11) is -1.98. The van der Waals surface area contributed by atoms with Gasteiger partial charge in [-0.1, -0.05) is 17.7 Å². The van der Waals surface area contributed by atoms with E-state index in [-0.39, 0.29) is 30.5 Å². The summed E-state index contributed by atoms with van der Waals surface area (Å²) in [5.41, 5.74) is 1.03. The molecule has 8 nitrogen and oxygen atoms in total. The maximum absolute atomic E-state index is 12.5. The van der Waals surface area contributed by atoms with Gasteiger partial charge in [0, 0.05) is 23.4 Å². The summed E-state index contributed by atoms with van der Waals surface area (Å²) >= 11 is 6.41. The molecule has 0 bridgehead atoms. The van der Waals surface area contributed by atoms with E-state index in [1.165, 1.54) is 12.5 Å². The first-order valence-electron chi connectivity index (χ1n) is 8.82. The summed E-state index contributed by atoms with van der Waals surface area (Å²) in [6.07, 6.45) is 1.41. The van der Waals surface area contributed by atoms with E-state index in [2.05, 4.69) is 4.74 Å². The first kappa shape index (κ1) is 19.9. The number of rotatable bonds is 3. The molecule has 2 aliphatic heterocycles. The van der Waals surface area contributed by atoms with Gasteiger partial charge in [0.05, 0.1) is 35.4 Å². The third kappa shape index (κ3) is 3.54. The Balaban J connectivity index is 1.81. The molecule has 1 aromatic carbocycles. The average Bonchev–Trinajstić information content (AvgIpc) is 3.05. The molecule has 0 spiro atoms. The van der Waals surface area contributed by atoms with E-state index in [0.717, 1.165) is 0 Å². The smallest absolute Gasteiger partial charge is 0.340 e. The second-order valence-electron chi connectivity index (χ2n) is 7.03. The number of benzene rings is 1. The molecule has 0 radical (unpaired) electrons. The molecular formula is C19H18ClNO7S. The maximum atomic E-state index is 12.5. The van der Waals surface area contributed by atoms with Crippen LogP contribution in [-0.2, 0) is 32.3 Å². The first-order chi connectivity index (χ1) is 13.7. The Morgan fingerprint density at radius 2 is 2.17 bits per heavy atom. The van der Waals surface area contributed by atoms with Gasteiger partial charge in [0.1, 0.15) is 18.1 Å². The van der Waals surface area contributed by atoms with E-state index < -0.39 is 21.4 Å². The van der Waals surface area contributed by atoms with Gasteiger partial charge in [-0.15, -0.1) is 0 Å². The first-order valence-corrected chi connectivity index (χ1v) is 10.9. The van der Waals surface area contributed by atoms with Crippen LogP contribution in [0, 0.1) is 6.92 Å². The molecule has 0 saturated carbocycles. The van der Waals surface area contributed by atoms with E-state index >= 15 is 0 Å². The number of fused-ring (bicyclic) bond motifs is 3. The van der Waals surface area contributed by atoms with Crippen LogP contribution in [0.1, 0.15) is 16.7 Å².